The lowest BCUT2D eigenvalue weighted by Crippen LogP contribution is -2.45. The minimum absolute atomic E-state index is 0.279. The van der Waals surface area contributed by atoms with Crippen molar-refractivity contribution < 1.29 is 19.1 Å². The van der Waals surface area contributed by atoms with E-state index in [0.717, 1.165) is 17.9 Å². The second-order valence-corrected chi connectivity index (χ2v) is 5.99. The van der Waals surface area contributed by atoms with Gasteiger partial charge in [-0.2, -0.15) is 0 Å². The Morgan fingerprint density at radius 2 is 1.50 bits per heavy atom. The standard InChI is InChI=1S/C10H16O4S2/c1-3-13-8(11)10(9(12)14-4-2)15-6-5-7-16-10/h3-7H2,1-2H3. The third kappa shape index (κ3) is 2.85. The fourth-order valence-corrected chi connectivity index (χ4v) is 4.18. The number of carbonyl (C=O) groups is 2. The summed E-state index contributed by atoms with van der Waals surface area (Å²) in [6.45, 7) is 4.02. The van der Waals surface area contributed by atoms with E-state index < -0.39 is 16.0 Å². The molecule has 1 fully saturated rings. The molecule has 0 aliphatic carbocycles. The zero-order valence-electron chi connectivity index (χ0n) is 9.49. The highest BCUT2D eigenvalue weighted by atomic mass is 32.2. The largest absolute Gasteiger partial charge is 0.464 e. The van der Waals surface area contributed by atoms with Gasteiger partial charge < -0.3 is 9.47 Å². The normalized spacial score (nSPS) is 18.9. The van der Waals surface area contributed by atoms with Gasteiger partial charge in [0.15, 0.2) is 0 Å². The van der Waals surface area contributed by atoms with Gasteiger partial charge in [-0.25, -0.2) is 9.59 Å². The van der Waals surface area contributed by atoms with E-state index in [-0.39, 0.29) is 13.2 Å². The van der Waals surface area contributed by atoms with Gasteiger partial charge in [-0.3, -0.25) is 0 Å². The minimum atomic E-state index is -1.19. The molecule has 0 spiro atoms. The summed E-state index contributed by atoms with van der Waals surface area (Å²) < 4.78 is 8.75. The Labute approximate surface area is 104 Å². The van der Waals surface area contributed by atoms with E-state index in [1.807, 2.05) is 0 Å². The van der Waals surface area contributed by atoms with E-state index in [0.29, 0.717) is 0 Å². The molecule has 1 heterocycles. The van der Waals surface area contributed by atoms with Crippen molar-refractivity contribution in [3.8, 4) is 0 Å². The van der Waals surface area contributed by atoms with Crippen molar-refractivity contribution in [1.82, 2.24) is 0 Å². The summed E-state index contributed by atoms with van der Waals surface area (Å²) >= 11 is 2.64. The molecular formula is C10H16O4S2. The number of carbonyl (C=O) groups excluding carboxylic acids is 2. The number of esters is 2. The first kappa shape index (κ1) is 13.7. The van der Waals surface area contributed by atoms with Crippen molar-refractivity contribution in [1.29, 1.82) is 0 Å². The summed E-state index contributed by atoms with van der Waals surface area (Å²) in [6.07, 6.45) is 0.996. The van der Waals surface area contributed by atoms with E-state index in [2.05, 4.69) is 0 Å². The maximum absolute atomic E-state index is 11.9. The summed E-state index contributed by atoms with van der Waals surface area (Å²) in [6, 6.07) is 0. The minimum Gasteiger partial charge on any atom is -0.464 e. The predicted molar refractivity (Wildman–Crippen MR) is 65.5 cm³/mol. The molecule has 0 aromatic rings. The number of rotatable bonds is 4. The van der Waals surface area contributed by atoms with Crippen LogP contribution in [0.2, 0.25) is 0 Å². The van der Waals surface area contributed by atoms with Gasteiger partial charge in [0.25, 0.3) is 4.08 Å². The maximum atomic E-state index is 11.9. The van der Waals surface area contributed by atoms with Gasteiger partial charge in [0.1, 0.15) is 0 Å². The molecule has 0 saturated carbocycles. The molecular weight excluding hydrogens is 248 g/mol. The van der Waals surface area contributed by atoms with E-state index in [1.54, 1.807) is 13.8 Å². The average molecular weight is 264 g/mol. The summed E-state index contributed by atoms with van der Waals surface area (Å²) in [5.74, 6) is 0.598. The van der Waals surface area contributed by atoms with Crippen LogP contribution >= 0.6 is 23.5 Å². The Morgan fingerprint density at radius 1 is 1.06 bits per heavy atom. The van der Waals surface area contributed by atoms with E-state index in [1.165, 1.54) is 23.5 Å². The summed E-state index contributed by atoms with van der Waals surface area (Å²) in [4.78, 5) is 23.7. The first-order chi connectivity index (χ1) is 7.67. The average Bonchev–Trinajstić information content (AvgIpc) is 2.30. The van der Waals surface area contributed by atoms with Gasteiger partial charge in [0.2, 0.25) is 0 Å². The number of thioether (sulfide) groups is 2. The molecule has 1 saturated heterocycles. The summed E-state index contributed by atoms with van der Waals surface area (Å²) in [5.41, 5.74) is 0. The topological polar surface area (TPSA) is 52.6 Å². The molecule has 92 valence electrons. The lowest BCUT2D eigenvalue weighted by Gasteiger charge is -2.30. The monoisotopic (exact) mass is 264 g/mol. The highest BCUT2D eigenvalue weighted by Gasteiger charge is 2.51. The quantitative estimate of drug-likeness (QED) is 0.569. The van der Waals surface area contributed by atoms with Crippen LogP contribution in [0.1, 0.15) is 20.3 Å². The van der Waals surface area contributed by atoms with E-state index in [9.17, 15) is 9.59 Å². The van der Waals surface area contributed by atoms with E-state index in [4.69, 9.17) is 9.47 Å². The second kappa shape index (κ2) is 6.39. The van der Waals surface area contributed by atoms with Gasteiger partial charge in [0, 0.05) is 0 Å². The van der Waals surface area contributed by atoms with Crippen LogP contribution < -0.4 is 0 Å². The molecule has 0 aromatic heterocycles. The lowest BCUT2D eigenvalue weighted by atomic mass is 10.4. The van der Waals surface area contributed by atoms with Gasteiger partial charge in [-0.1, -0.05) is 0 Å². The third-order valence-electron chi connectivity index (χ3n) is 1.99. The Balaban J connectivity index is 2.82. The highest BCUT2D eigenvalue weighted by molar-refractivity contribution is 8.21. The Bertz CT molecular complexity index is 242. The van der Waals surface area contributed by atoms with Gasteiger partial charge >= 0.3 is 11.9 Å². The zero-order chi connectivity index (χ0) is 12.0. The van der Waals surface area contributed by atoms with Crippen molar-refractivity contribution in [3.63, 3.8) is 0 Å². The van der Waals surface area contributed by atoms with Crippen molar-refractivity contribution in [2.24, 2.45) is 0 Å². The Morgan fingerprint density at radius 3 is 1.88 bits per heavy atom. The van der Waals surface area contributed by atoms with Crippen LogP contribution in [0.25, 0.3) is 0 Å². The van der Waals surface area contributed by atoms with E-state index >= 15 is 0 Å². The van der Waals surface area contributed by atoms with Crippen LogP contribution in [0, 0.1) is 0 Å². The van der Waals surface area contributed by atoms with Crippen molar-refractivity contribution in [2.45, 2.75) is 24.3 Å². The fraction of sp³-hybridized carbons (Fsp3) is 0.800. The molecule has 1 rings (SSSR count). The van der Waals surface area contributed by atoms with Crippen LogP contribution in [0.3, 0.4) is 0 Å². The van der Waals surface area contributed by atoms with Crippen LogP contribution in [-0.4, -0.2) is 40.7 Å². The third-order valence-corrected chi connectivity index (χ3v) is 5.16. The fourth-order valence-electron chi connectivity index (χ4n) is 1.30. The molecule has 0 aromatic carbocycles. The van der Waals surface area contributed by atoms with Crippen molar-refractivity contribution >= 4 is 35.5 Å². The molecule has 0 atom stereocenters. The number of hydrogen-bond donors (Lipinski definition) is 0. The Kier molecular flexibility index (Phi) is 5.48. The van der Waals surface area contributed by atoms with Crippen LogP contribution in [0.15, 0.2) is 0 Å². The highest BCUT2D eigenvalue weighted by Crippen LogP contribution is 2.44. The second-order valence-electron chi connectivity index (χ2n) is 3.11. The van der Waals surface area contributed by atoms with Crippen molar-refractivity contribution in [2.75, 3.05) is 24.7 Å². The lowest BCUT2D eigenvalue weighted by molar-refractivity contribution is -0.154. The molecule has 6 heteroatoms. The predicted octanol–water partition coefficient (Wildman–Crippen LogP) is 1.68. The molecule has 4 nitrogen and oxygen atoms in total. The molecule has 16 heavy (non-hydrogen) atoms. The molecule has 1 aliphatic rings. The molecule has 0 radical (unpaired) electrons. The first-order valence-corrected chi connectivity index (χ1v) is 7.26. The molecule has 0 amide bonds. The van der Waals surface area contributed by atoms with Gasteiger partial charge in [-0.15, -0.1) is 23.5 Å². The molecule has 0 bridgehead atoms. The van der Waals surface area contributed by atoms with Crippen LogP contribution in [-0.2, 0) is 19.1 Å². The zero-order valence-corrected chi connectivity index (χ0v) is 11.1. The number of ether oxygens (including phenoxy) is 2. The van der Waals surface area contributed by atoms with Gasteiger partial charge in [0.05, 0.1) is 13.2 Å². The van der Waals surface area contributed by atoms with Crippen LogP contribution in [0.4, 0.5) is 0 Å². The molecule has 0 N–H and O–H groups in total. The summed E-state index contributed by atoms with van der Waals surface area (Å²) in [5, 5.41) is 0. The number of hydrogen-bond acceptors (Lipinski definition) is 6. The first-order valence-electron chi connectivity index (χ1n) is 5.29. The maximum Gasteiger partial charge on any atom is 0.344 e. The summed E-state index contributed by atoms with van der Waals surface area (Å²) in [7, 11) is 0. The Hall–Kier alpha value is -0.360. The van der Waals surface area contributed by atoms with Crippen molar-refractivity contribution in [3.05, 3.63) is 0 Å². The SMILES string of the molecule is CCOC(=O)C1(C(=O)OCC)SCCCS1. The van der Waals surface area contributed by atoms with Gasteiger partial charge in [-0.05, 0) is 31.8 Å². The smallest absolute Gasteiger partial charge is 0.344 e. The van der Waals surface area contributed by atoms with Crippen LogP contribution in [0.5, 0.6) is 0 Å². The molecule has 1 aliphatic heterocycles. The molecule has 0 unspecified atom stereocenters.